The number of carbonyl (C=O) groups excluding carboxylic acids is 3. The Hall–Kier alpha value is -2.68. The van der Waals surface area contributed by atoms with Gasteiger partial charge in [-0.1, -0.05) is 35.9 Å². The molecule has 0 aliphatic carbocycles. The summed E-state index contributed by atoms with van der Waals surface area (Å²) in [6, 6.07) is 6.15. The maximum atomic E-state index is 14.3. The van der Waals surface area contributed by atoms with Crippen LogP contribution in [0, 0.1) is 11.8 Å². The smallest absolute Gasteiger partial charge is 0.253 e. The van der Waals surface area contributed by atoms with Gasteiger partial charge in [0.1, 0.15) is 11.6 Å². The van der Waals surface area contributed by atoms with Crippen LogP contribution in [0.2, 0.25) is 5.02 Å². The molecule has 2 bridgehead atoms. The van der Waals surface area contributed by atoms with Gasteiger partial charge in [-0.3, -0.25) is 14.4 Å². The number of nitrogens with zero attached hydrogens (tertiary/aromatic N) is 3. The van der Waals surface area contributed by atoms with Gasteiger partial charge >= 0.3 is 0 Å². The van der Waals surface area contributed by atoms with Crippen LogP contribution in [0.4, 0.5) is 5.69 Å². The molecule has 8 nitrogen and oxygen atoms in total. The zero-order valence-corrected chi connectivity index (χ0v) is 21.4. The number of carbonyl (C=O) groups is 3. The third-order valence-electron chi connectivity index (χ3n) is 7.63. The number of hydrogen-bond acceptors (Lipinski definition) is 5. The van der Waals surface area contributed by atoms with Crippen LogP contribution >= 0.6 is 11.6 Å². The molecule has 194 valence electrons. The lowest BCUT2D eigenvalue weighted by molar-refractivity contribution is -0.144. The van der Waals surface area contributed by atoms with Gasteiger partial charge in [-0.15, -0.1) is 13.2 Å². The zero-order chi connectivity index (χ0) is 26.0. The lowest BCUT2D eigenvalue weighted by Crippen LogP contribution is -2.56. The number of aliphatic hydroxyl groups is 1. The fraction of sp³-hybridized carbons (Fsp3) is 0.519. The minimum atomic E-state index is -1.09. The van der Waals surface area contributed by atoms with Crippen LogP contribution < -0.4 is 4.90 Å². The first-order chi connectivity index (χ1) is 17.3. The Bertz CT molecular complexity index is 1050. The van der Waals surface area contributed by atoms with Crippen LogP contribution in [-0.4, -0.2) is 83.7 Å². The van der Waals surface area contributed by atoms with Crippen LogP contribution in [-0.2, 0) is 19.1 Å². The minimum Gasteiger partial charge on any atom is -0.396 e. The molecule has 1 aromatic carbocycles. The molecule has 2 unspecified atom stereocenters. The minimum absolute atomic E-state index is 0.0105. The molecule has 9 heteroatoms. The number of para-hydroxylation sites is 1. The molecule has 1 aromatic rings. The van der Waals surface area contributed by atoms with Gasteiger partial charge in [-0.05, 0) is 37.8 Å². The van der Waals surface area contributed by atoms with Crippen LogP contribution in [0.15, 0.2) is 49.6 Å². The lowest BCUT2D eigenvalue weighted by atomic mass is 9.70. The standard InChI is InChI=1S/C27H34ClN3O5/c1-4-14-29(3)24(33)21-20-12-13-27(36-20)22(21)25(34)31(16-8-9-17-32)23(27)26(35)30(15-5-2)19-11-7-6-10-18(19)28/h4-7,10-11,20-23,32H,1-2,8-9,12-17H2,3H3/t20-,21+,22+,23?,27?/m1/s1. The highest BCUT2D eigenvalue weighted by Gasteiger charge is 2.74. The normalized spacial score (nSPS) is 28.2. The van der Waals surface area contributed by atoms with Crippen LogP contribution in [0.3, 0.4) is 0 Å². The number of rotatable bonds is 11. The van der Waals surface area contributed by atoms with Crippen molar-refractivity contribution in [1.82, 2.24) is 9.80 Å². The van der Waals surface area contributed by atoms with Crippen molar-refractivity contribution in [2.75, 3.05) is 38.2 Å². The average Bonchev–Trinajstić information content (AvgIpc) is 3.50. The SMILES string of the molecule is C=CCN(C)C(=O)[C@@H]1[C@H]2C(=O)N(CCCCO)C(C(=O)N(CC=C)c3ccccc3Cl)C23CC[C@H]1O3. The Kier molecular flexibility index (Phi) is 7.87. The maximum absolute atomic E-state index is 14.3. The molecule has 0 radical (unpaired) electrons. The van der Waals surface area contributed by atoms with Gasteiger partial charge in [0.25, 0.3) is 5.91 Å². The van der Waals surface area contributed by atoms with Gasteiger partial charge in [0.2, 0.25) is 11.8 Å². The number of benzene rings is 1. The van der Waals surface area contributed by atoms with Gasteiger partial charge in [-0.25, -0.2) is 0 Å². The van der Waals surface area contributed by atoms with Crippen LogP contribution in [0.25, 0.3) is 0 Å². The van der Waals surface area contributed by atoms with E-state index in [0.717, 1.165) is 0 Å². The highest BCUT2D eigenvalue weighted by atomic mass is 35.5. The van der Waals surface area contributed by atoms with Crippen molar-refractivity contribution < 1.29 is 24.2 Å². The highest BCUT2D eigenvalue weighted by Crippen LogP contribution is 2.59. The number of fused-ring (bicyclic) bond motifs is 1. The molecule has 3 aliphatic rings. The van der Waals surface area contributed by atoms with Crippen molar-refractivity contribution in [3.63, 3.8) is 0 Å². The van der Waals surface area contributed by atoms with Gasteiger partial charge in [0.05, 0.1) is 28.6 Å². The Morgan fingerprint density at radius 1 is 1.22 bits per heavy atom. The second kappa shape index (κ2) is 10.7. The van der Waals surface area contributed by atoms with Crippen molar-refractivity contribution in [3.05, 3.63) is 54.6 Å². The lowest BCUT2D eigenvalue weighted by Gasteiger charge is -2.37. The topological polar surface area (TPSA) is 90.4 Å². The van der Waals surface area contributed by atoms with E-state index in [2.05, 4.69) is 13.2 Å². The summed E-state index contributed by atoms with van der Waals surface area (Å²) in [6.07, 6.45) is 4.99. The first kappa shape index (κ1) is 26.4. The fourth-order valence-corrected chi connectivity index (χ4v) is 6.38. The van der Waals surface area contributed by atoms with E-state index < -0.39 is 29.6 Å². The molecule has 3 aliphatic heterocycles. The Labute approximate surface area is 217 Å². The van der Waals surface area contributed by atoms with E-state index in [0.29, 0.717) is 42.9 Å². The third kappa shape index (κ3) is 4.25. The molecule has 0 saturated carbocycles. The molecule has 3 amide bonds. The van der Waals surface area contributed by atoms with E-state index in [1.54, 1.807) is 58.2 Å². The Morgan fingerprint density at radius 2 is 1.94 bits per heavy atom. The van der Waals surface area contributed by atoms with E-state index in [4.69, 9.17) is 16.3 Å². The number of anilines is 1. The monoisotopic (exact) mass is 515 g/mol. The van der Waals surface area contributed by atoms with E-state index in [1.165, 1.54) is 0 Å². The Morgan fingerprint density at radius 3 is 2.61 bits per heavy atom. The number of amides is 3. The molecule has 0 aromatic heterocycles. The quantitative estimate of drug-likeness (QED) is 0.361. The number of likely N-dealkylation sites (N-methyl/N-ethyl adjacent to an activating group) is 1. The van der Waals surface area contributed by atoms with Crippen molar-refractivity contribution in [1.29, 1.82) is 0 Å². The largest absolute Gasteiger partial charge is 0.396 e. The maximum Gasteiger partial charge on any atom is 0.253 e. The van der Waals surface area contributed by atoms with E-state index >= 15 is 0 Å². The summed E-state index contributed by atoms with van der Waals surface area (Å²) in [5.74, 6) is -2.11. The van der Waals surface area contributed by atoms with Crippen LogP contribution in [0.1, 0.15) is 25.7 Å². The first-order valence-corrected chi connectivity index (χ1v) is 12.8. The highest BCUT2D eigenvalue weighted by molar-refractivity contribution is 6.34. The molecular formula is C27H34ClN3O5. The molecule has 4 rings (SSSR count). The average molecular weight is 516 g/mol. The second-order valence-electron chi connectivity index (χ2n) is 9.71. The summed E-state index contributed by atoms with van der Waals surface area (Å²) in [5.41, 5.74) is -0.564. The number of unbranched alkanes of at least 4 members (excludes halogenated alkanes) is 1. The molecule has 3 fully saturated rings. The third-order valence-corrected chi connectivity index (χ3v) is 7.95. The summed E-state index contributed by atoms with van der Waals surface area (Å²) < 4.78 is 6.49. The predicted octanol–water partition coefficient (Wildman–Crippen LogP) is 2.65. The van der Waals surface area contributed by atoms with Gasteiger partial charge in [-0.2, -0.15) is 0 Å². The second-order valence-corrected chi connectivity index (χ2v) is 10.1. The summed E-state index contributed by atoms with van der Waals surface area (Å²) in [5, 5.41) is 9.73. The zero-order valence-electron chi connectivity index (χ0n) is 20.6. The summed E-state index contributed by atoms with van der Waals surface area (Å²) >= 11 is 6.46. The fourth-order valence-electron chi connectivity index (χ4n) is 6.14. The van der Waals surface area contributed by atoms with E-state index in [1.807, 2.05) is 0 Å². The molecule has 1 spiro atoms. The summed E-state index contributed by atoms with van der Waals surface area (Å²) in [7, 11) is 1.69. The predicted molar refractivity (Wildman–Crippen MR) is 137 cm³/mol. The number of aliphatic hydroxyl groups excluding tert-OH is 1. The summed E-state index contributed by atoms with van der Waals surface area (Å²) in [6.45, 7) is 8.36. The molecular weight excluding hydrogens is 482 g/mol. The van der Waals surface area contributed by atoms with E-state index in [-0.39, 0.29) is 37.4 Å². The van der Waals surface area contributed by atoms with Crippen molar-refractivity contribution in [2.45, 2.75) is 43.4 Å². The van der Waals surface area contributed by atoms with Gasteiger partial charge < -0.3 is 24.5 Å². The van der Waals surface area contributed by atoms with Gasteiger partial charge in [0, 0.05) is 33.3 Å². The number of hydrogen-bond donors (Lipinski definition) is 1. The number of ether oxygens (including phenoxy) is 1. The molecule has 5 atom stereocenters. The van der Waals surface area contributed by atoms with Crippen LogP contribution in [0.5, 0.6) is 0 Å². The summed E-state index contributed by atoms with van der Waals surface area (Å²) in [4.78, 5) is 46.3. The molecule has 3 heterocycles. The number of halogens is 1. The van der Waals surface area contributed by atoms with Gasteiger partial charge in [0.15, 0.2) is 0 Å². The van der Waals surface area contributed by atoms with Crippen molar-refractivity contribution >= 4 is 35.0 Å². The van der Waals surface area contributed by atoms with E-state index in [9.17, 15) is 19.5 Å². The van der Waals surface area contributed by atoms with Crippen molar-refractivity contribution in [3.8, 4) is 0 Å². The molecule has 1 N–H and O–H groups in total. The number of likely N-dealkylation sites (tertiary alicyclic amines) is 1. The molecule has 36 heavy (non-hydrogen) atoms. The Balaban J connectivity index is 1.76. The first-order valence-electron chi connectivity index (χ1n) is 12.4. The molecule has 3 saturated heterocycles. The van der Waals surface area contributed by atoms with Crippen molar-refractivity contribution in [2.24, 2.45) is 11.8 Å².